The Morgan fingerprint density at radius 1 is 0.652 bits per heavy atom. The molecule has 6 N–H and O–H groups in total. The molecule has 0 saturated heterocycles. The van der Waals surface area contributed by atoms with Crippen molar-refractivity contribution in [3.05, 3.63) is 58.7 Å². The number of amides is 1. The molecule has 14 nitrogen and oxygen atoms in total. The van der Waals surface area contributed by atoms with Gasteiger partial charge in [0.1, 0.15) is 16.8 Å². The van der Waals surface area contributed by atoms with Crippen molar-refractivity contribution in [1.82, 2.24) is 0 Å². The largest absolute Gasteiger partial charge is 1.00 e. The molecule has 0 bridgehead atoms. The Hall–Kier alpha value is -3.85. The third-order valence-corrected chi connectivity index (χ3v) is 4.59. The molecule has 15 heteroatoms. The molecule has 1 amide bonds. The number of aromatic carboxylic acids is 2. The first kappa shape index (κ1) is 46.6. The average molecular weight is 661 g/mol. The van der Waals surface area contributed by atoms with E-state index in [1.54, 1.807) is 81.4 Å². The summed E-state index contributed by atoms with van der Waals surface area (Å²) in [6.07, 6.45) is -2.72. The summed E-state index contributed by atoms with van der Waals surface area (Å²) in [5, 5.41) is 20.0. The van der Waals surface area contributed by atoms with Crippen LogP contribution < -0.4 is 40.6 Å². The van der Waals surface area contributed by atoms with E-state index in [0.717, 1.165) is 11.1 Å². The Morgan fingerprint density at radius 3 is 1.37 bits per heavy atom. The van der Waals surface area contributed by atoms with Gasteiger partial charge < -0.3 is 40.4 Å². The summed E-state index contributed by atoms with van der Waals surface area (Å²) in [5.41, 5.74) is 6.48. The number of carboxylic acids is 2. The molecule has 0 atom stereocenters. The number of benzene rings is 2. The van der Waals surface area contributed by atoms with E-state index in [1.807, 2.05) is 6.92 Å². The van der Waals surface area contributed by atoms with Crippen LogP contribution in [0, 0.1) is 13.8 Å². The molecule has 0 aliphatic heterocycles. The van der Waals surface area contributed by atoms with E-state index < -0.39 is 47.1 Å². The molecule has 0 fully saturated rings. The van der Waals surface area contributed by atoms with Gasteiger partial charge >= 0.3 is 59.9 Å². The zero-order valence-electron chi connectivity index (χ0n) is 28.6. The molecule has 0 aliphatic rings. The van der Waals surface area contributed by atoms with Crippen molar-refractivity contribution in [2.45, 2.75) is 93.0 Å². The monoisotopic (exact) mass is 660 g/mol. The molecule has 0 aromatic heterocycles. The zero-order chi connectivity index (χ0) is 34.6. The normalized spacial score (nSPS) is 10.4. The van der Waals surface area contributed by atoms with Gasteiger partial charge in [0.25, 0.3) is 0 Å². The Balaban J connectivity index is -0.000000606. The summed E-state index contributed by atoms with van der Waals surface area (Å²) in [4.78, 5) is 54.8. The molecule has 0 heterocycles. The standard InChI is InChI=1S/C13H17NO4.C10H18O5.C8H9NO2.Na.H2O/c1-8-5-6-9(11(15)16)7-10(8)14-12(17)18-13(2,3)4;1-9(2,3)14-7(11)13-8(12)15-10(4,5)6;1-5-2-3-6(8(10)11)4-7(5)9;;/h5-7H,1-4H3,(H,14,17)(H,15,16);1-6H3;2-4H,9H2,1H3,(H,10,11);;1H2/q;;;+1;/p-1. The van der Waals surface area contributed by atoms with Crippen molar-refractivity contribution in [3.63, 3.8) is 0 Å². The van der Waals surface area contributed by atoms with Gasteiger partial charge in [-0.15, -0.1) is 0 Å². The number of nitrogens with two attached hydrogens (primary N) is 1. The second kappa shape index (κ2) is 19.6. The first-order chi connectivity index (χ1) is 19.8. The maximum atomic E-state index is 11.6. The van der Waals surface area contributed by atoms with E-state index in [4.69, 9.17) is 30.2 Å². The average Bonchev–Trinajstić information content (AvgIpc) is 2.79. The van der Waals surface area contributed by atoms with Crippen molar-refractivity contribution in [3.8, 4) is 0 Å². The molecule has 0 unspecified atom stereocenters. The second-order valence-corrected chi connectivity index (χ2v) is 12.4. The first-order valence-electron chi connectivity index (χ1n) is 13.4. The Bertz CT molecular complexity index is 1310. The number of carbonyl (C=O) groups excluding carboxylic acids is 3. The molecule has 0 spiro atoms. The summed E-state index contributed by atoms with van der Waals surface area (Å²) in [6.45, 7) is 18.9. The maximum Gasteiger partial charge on any atom is 1.00 e. The van der Waals surface area contributed by atoms with Crippen LogP contribution in [-0.4, -0.2) is 62.8 Å². The van der Waals surface area contributed by atoms with Crippen molar-refractivity contribution in [2.24, 2.45) is 0 Å². The minimum absolute atomic E-state index is 0. The first-order valence-corrected chi connectivity index (χ1v) is 13.4. The van der Waals surface area contributed by atoms with Gasteiger partial charge in [-0.1, -0.05) is 12.1 Å². The van der Waals surface area contributed by atoms with E-state index >= 15 is 0 Å². The van der Waals surface area contributed by atoms with Gasteiger partial charge in [-0.25, -0.2) is 24.0 Å². The fraction of sp³-hybridized carbons (Fsp3) is 0.452. The molecule has 0 saturated carbocycles. The fourth-order valence-electron chi connectivity index (χ4n) is 2.69. The van der Waals surface area contributed by atoms with E-state index in [0.29, 0.717) is 11.4 Å². The van der Waals surface area contributed by atoms with Gasteiger partial charge in [0.2, 0.25) is 0 Å². The van der Waals surface area contributed by atoms with Crippen LogP contribution in [0.3, 0.4) is 0 Å². The van der Waals surface area contributed by atoms with Gasteiger partial charge in [0, 0.05) is 11.4 Å². The Morgan fingerprint density at radius 2 is 1.02 bits per heavy atom. The van der Waals surface area contributed by atoms with Crippen LogP contribution in [0.4, 0.5) is 25.8 Å². The third kappa shape index (κ3) is 21.8. The maximum absolute atomic E-state index is 11.6. The fourth-order valence-corrected chi connectivity index (χ4v) is 2.69. The number of anilines is 2. The smallest absolute Gasteiger partial charge is 0.870 e. The predicted molar refractivity (Wildman–Crippen MR) is 166 cm³/mol. The number of ether oxygens (including phenoxy) is 4. The molecule has 0 aliphatic carbocycles. The van der Waals surface area contributed by atoms with Crippen LogP contribution in [0.25, 0.3) is 0 Å². The van der Waals surface area contributed by atoms with Crippen molar-refractivity contribution in [2.75, 3.05) is 11.1 Å². The van der Waals surface area contributed by atoms with Crippen LogP contribution >= 0.6 is 0 Å². The number of carbonyl (C=O) groups is 5. The Labute approximate surface area is 291 Å². The molecule has 2 aromatic carbocycles. The Kier molecular flexibility index (Phi) is 19.9. The number of aryl methyl sites for hydroxylation is 2. The topological polar surface area (TPSA) is 231 Å². The third-order valence-electron chi connectivity index (χ3n) is 4.59. The van der Waals surface area contributed by atoms with Crippen molar-refractivity contribution >= 4 is 41.7 Å². The van der Waals surface area contributed by atoms with E-state index in [-0.39, 0.29) is 46.2 Å². The van der Waals surface area contributed by atoms with Crippen LogP contribution in [-0.2, 0) is 18.9 Å². The van der Waals surface area contributed by atoms with Gasteiger partial charge in [0.05, 0.1) is 11.1 Å². The molecule has 46 heavy (non-hydrogen) atoms. The van der Waals surface area contributed by atoms with E-state index in [2.05, 4.69) is 10.1 Å². The molecular formula is C31H45N2NaO12. The minimum Gasteiger partial charge on any atom is -0.870 e. The van der Waals surface area contributed by atoms with E-state index in [1.165, 1.54) is 24.3 Å². The minimum atomic E-state index is -1.06. The number of hydrogen-bond acceptors (Lipinski definition) is 11. The van der Waals surface area contributed by atoms with Crippen LogP contribution in [0.2, 0.25) is 0 Å². The molecule has 2 rings (SSSR count). The second-order valence-electron chi connectivity index (χ2n) is 12.4. The number of nitrogen functional groups attached to an aromatic ring is 1. The van der Waals surface area contributed by atoms with Crippen LogP contribution in [0.1, 0.15) is 94.2 Å². The molecule has 0 radical (unpaired) electrons. The molecular weight excluding hydrogens is 615 g/mol. The summed E-state index contributed by atoms with van der Waals surface area (Å²) in [5.74, 6) is -1.99. The molecule has 252 valence electrons. The number of hydrogen-bond donors (Lipinski definition) is 4. The van der Waals surface area contributed by atoms with Gasteiger partial charge in [-0.2, -0.15) is 0 Å². The van der Waals surface area contributed by atoms with E-state index in [9.17, 15) is 24.0 Å². The number of nitrogens with one attached hydrogen (secondary N) is 1. The number of carboxylic acid groups (broad SMARTS) is 2. The summed E-state index contributed by atoms with van der Waals surface area (Å²) < 4.78 is 18.9. The summed E-state index contributed by atoms with van der Waals surface area (Å²) in [7, 11) is 0. The van der Waals surface area contributed by atoms with Gasteiger partial charge in [-0.3, -0.25) is 5.32 Å². The summed E-state index contributed by atoms with van der Waals surface area (Å²) >= 11 is 0. The predicted octanol–water partition coefficient (Wildman–Crippen LogP) is 4.02. The van der Waals surface area contributed by atoms with Crippen molar-refractivity contribution in [1.29, 1.82) is 0 Å². The van der Waals surface area contributed by atoms with Crippen LogP contribution in [0.5, 0.6) is 0 Å². The molecule has 2 aromatic rings. The zero-order valence-corrected chi connectivity index (χ0v) is 30.6. The quantitative estimate of drug-likeness (QED) is 0.120. The van der Waals surface area contributed by atoms with Gasteiger partial charge in [-0.05, 0) is 112 Å². The number of rotatable bonds is 3. The van der Waals surface area contributed by atoms with Crippen molar-refractivity contribution < 1.29 is 88.2 Å². The SMILES string of the molecule is CC(C)(C)OC(=O)OC(=O)OC(C)(C)C.Cc1ccc(C(=O)O)cc1N.Cc1ccc(C(=O)O)cc1NC(=O)OC(C)(C)C.[Na+].[OH-]. The van der Waals surface area contributed by atoms with Gasteiger partial charge in [0.15, 0.2) is 0 Å². The summed E-state index contributed by atoms with van der Waals surface area (Å²) in [6, 6.07) is 9.21. The van der Waals surface area contributed by atoms with Crippen LogP contribution in [0.15, 0.2) is 36.4 Å².